The second kappa shape index (κ2) is 7.11. The van der Waals surface area contributed by atoms with Gasteiger partial charge in [-0.05, 0) is 45.1 Å². The van der Waals surface area contributed by atoms with Crippen LogP contribution < -0.4 is 0 Å². The van der Waals surface area contributed by atoms with Crippen molar-refractivity contribution in [1.29, 1.82) is 0 Å². The smallest absolute Gasteiger partial charge is 0.272 e. The van der Waals surface area contributed by atoms with Crippen molar-refractivity contribution in [3.8, 4) is 0 Å². The molecule has 1 aromatic rings. The van der Waals surface area contributed by atoms with Crippen molar-refractivity contribution in [2.45, 2.75) is 58.5 Å². The van der Waals surface area contributed by atoms with E-state index in [0.29, 0.717) is 11.9 Å². The quantitative estimate of drug-likeness (QED) is 0.757. The molecule has 1 aliphatic heterocycles. The highest BCUT2D eigenvalue weighted by molar-refractivity contribution is 6.17. The molecule has 1 fully saturated rings. The van der Waals surface area contributed by atoms with Gasteiger partial charge in [0.2, 0.25) is 0 Å². The molecule has 112 valence electrons. The summed E-state index contributed by atoms with van der Waals surface area (Å²) in [5, 5.41) is 4.47. The fourth-order valence-electron chi connectivity index (χ4n) is 2.92. The van der Waals surface area contributed by atoms with Crippen molar-refractivity contribution in [3.63, 3.8) is 0 Å². The van der Waals surface area contributed by atoms with Crippen LogP contribution in [0.3, 0.4) is 0 Å². The third-order valence-electron chi connectivity index (χ3n) is 4.02. The molecule has 1 saturated heterocycles. The molecule has 5 heteroatoms. The van der Waals surface area contributed by atoms with Crippen LogP contribution in [0, 0.1) is 0 Å². The number of hydrogen-bond acceptors (Lipinski definition) is 2. The van der Waals surface area contributed by atoms with Gasteiger partial charge in [0.25, 0.3) is 5.91 Å². The fourth-order valence-corrected chi connectivity index (χ4v) is 3.07. The molecule has 1 aromatic heterocycles. The maximum Gasteiger partial charge on any atom is 0.272 e. The Morgan fingerprint density at radius 3 is 2.95 bits per heavy atom. The number of aryl methyl sites for hydroxylation is 2. The molecule has 0 radical (unpaired) electrons. The Kier molecular flexibility index (Phi) is 5.46. The summed E-state index contributed by atoms with van der Waals surface area (Å²) in [4.78, 5) is 14.8. The Morgan fingerprint density at radius 1 is 1.50 bits per heavy atom. The molecule has 20 heavy (non-hydrogen) atoms. The number of amides is 1. The predicted octanol–water partition coefficient (Wildman–Crippen LogP) is 3.09. The molecule has 1 amide bonds. The first-order valence-corrected chi connectivity index (χ1v) is 8.18. The number of likely N-dealkylation sites (tertiary alicyclic amines) is 1. The Labute approximate surface area is 126 Å². The molecular weight excluding hydrogens is 274 g/mol. The highest BCUT2D eigenvalue weighted by Gasteiger charge is 2.30. The average Bonchev–Trinajstić information content (AvgIpc) is 3.10. The van der Waals surface area contributed by atoms with E-state index in [1.807, 2.05) is 22.6 Å². The van der Waals surface area contributed by atoms with E-state index in [4.69, 9.17) is 11.6 Å². The minimum absolute atomic E-state index is 0.135. The molecule has 0 aromatic carbocycles. The van der Waals surface area contributed by atoms with Gasteiger partial charge in [-0.2, -0.15) is 5.10 Å². The zero-order valence-electron chi connectivity index (χ0n) is 12.4. The van der Waals surface area contributed by atoms with Crippen LogP contribution in [0.1, 0.15) is 55.7 Å². The molecule has 1 aliphatic rings. The van der Waals surface area contributed by atoms with Gasteiger partial charge in [0.1, 0.15) is 5.69 Å². The van der Waals surface area contributed by atoms with Gasteiger partial charge in [-0.3, -0.25) is 9.48 Å². The van der Waals surface area contributed by atoms with Crippen LogP contribution in [0.15, 0.2) is 6.07 Å². The van der Waals surface area contributed by atoms with E-state index in [-0.39, 0.29) is 5.91 Å². The average molecular weight is 298 g/mol. The van der Waals surface area contributed by atoms with Crippen LogP contribution in [-0.4, -0.2) is 39.1 Å². The van der Waals surface area contributed by atoms with E-state index < -0.39 is 0 Å². The summed E-state index contributed by atoms with van der Waals surface area (Å²) in [5.41, 5.74) is 1.73. The SMILES string of the molecule is CCc1cc(C(=O)N2CCCC2CCCCl)n(CC)n1. The molecule has 1 unspecified atom stereocenters. The zero-order valence-corrected chi connectivity index (χ0v) is 13.2. The molecule has 1 atom stereocenters. The first kappa shape index (κ1) is 15.4. The Balaban J connectivity index is 2.15. The lowest BCUT2D eigenvalue weighted by molar-refractivity contribution is 0.0717. The van der Waals surface area contributed by atoms with Gasteiger partial charge >= 0.3 is 0 Å². The van der Waals surface area contributed by atoms with Gasteiger partial charge < -0.3 is 4.90 Å². The van der Waals surface area contributed by atoms with E-state index in [1.165, 1.54) is 0 Å². The number of halogens is 1. The molecule has 0 bridgehead atoms. The standard InChI is InChI=1S/C15H24ClN3O/c1-3-12-11-14(19(4-2)17-12)15(20)18-10-6-8-13(18)7-5-9-16/h11,13H,3-10H2,1-2H3. The number of hydrogen-bond donors (Lipinski definition) is 0. The summed E-state index contributed by atoms with van der Waals surface area (Å²) in [6.07, 6.45) is 5.05. The molecule has 4 nitrogen and oxygen atoms in total. The number of nitrogens with zero attached hydrogens (tertiary/aromatic N) is 3. The Hall–Kier alpha value is -1.03. The van der Waals surface area contributed by atoms with Gasteiger partial charge in [-0.15, -0.1) is 11.6 Å². The van der Waals surface area contributed by atoms with E-state index in [1.54, 1.807) is 0 Å². The Morgan fingerprint density at radius 2 is 2.30 bits per heavy atom. The van der Waals surface area contributed by atoms with Crippen molar-refractivity contribution >= 4 is 17.5 Å². The molecular formula is C15H24ClN3O. The highest BCUT2D eigenvalue weighted by Crippen LogP contribution is 2.24. The zero-order chi connectivity index (χ0) is 14.5. The molecule has 0 saturated carbocycles. The van der Waals surface area contributed by atoms with Gasteiger partial charge in [0.15, 0.2) is 0 Å². The van der Waals surface area contributed by atoms with E-state index in [2.05, 4.69) is 12.0 Å². The summed E-state index contributed by atoms with van der Waals surface area (Å²) in [6, 6.07) is 2.30. The lowest BCUT2D eigenvalue weighted by Gasteiger charge is -2.24. The molecule has 0 N–H and O–H groups in total. The first-order chi connectivity index (χ1) is 9.71. The lowest BCUT2D eigenvalue weighted by Crippen LogP contribution is -2.36. The van der Waals surface area contributed by atoms with Crippen molar-refractivity contribution in [3.05, 3.63) is 17.5 Å². The van der Waals surface area contributed by atoms with Gasteiger partial charge in [-0.1, -0.05) is 6.92 Å². The van der Waals surface area contributed by atoms with E-state index >= 15 is 0 Å². The van der Waals surface area contributed by atoms with Crippen LogP contribution in [0.25, 0.3) is 0 Å². The highest BCUT2D eigenvalue weighted by atomic mass is 35.5. The number of carbonyl (C=O) groups excluding carboxylic acids is 1. The van der Waals surface area contributed by atoms with Gasteiger partial charge in [0, 0.05) is 25.0 Å². The molecule has 0 spiro atoms. The lowest BCUT2D eigenvalue weighted by atomic mass is 10.1. The summed E-state index contributed by atoms with van der Waals surface area (Å²) in [5.74, 6) is 0.807. The number of alkyl halides is 1. The van der Waals surface area contributed by atoms with Crippen LogP contribution in [0.4, 0.5) is 0 Å². The minimum Gasteiger partial charge on any atom is -0.334 e. The fraction of sp³-hybridized carbons (Fsp3) is 0.733. The van der Waals surface area contributed by atoms with E-state index in [9.17, 15) is 4.79 Å². The third kappa shape index (κ3) is 3.17. The normalized spacial score (nSPS) is 18.8. The third-order valence-corrected chi connectivity index (χ3v) is 4.29. The van der Waals surface area contributed by atoms with Gasteiger partial charge in [-0.25, -0.2) is 0 Å². The monoisotopic (exact) mass is 297 g/mol. The topological polar surface area (TPSA) is 38.1 Å². The minimum atomic E-state index is 0.135. The van der Waals surface area contributed by atoms with Crippen molar-refractivity contribution < 1.29 is 4.79 Å². The van der Waals surface area contributed by atoms with Crippen LogP contribution >= 0.6 is 11.6 Å². The van der Waals surface area contributed by atoms with Gasteiger partial charge in [0.05, 0.1) is 5.69 Å². The van der Waals surface area contributed by atoms with Crippen LogP contribution in [-0.2, 0) is 13.0 Å². The molecule has 2 heterocycles. The predicted molar refractivity (Wildman–Crippen MR) is 81.3 cm³/mol. The van der Waals surface area contributed by atoms with Crippen molar-refractivity contribution in [2.24, 2.45) is 0 Å². The Bertz CT molecular complexity index is 458. The molecule has 0 aliphatic carbocycles. The number of aromatic nitrogens is 2. The van der Waals surface area contributed by atoms with Crippen LogP contribution in [0.2, 0.25) is 0 Å². The first-order valence-electron chi connectivity index (χ1n) is 7.64. The summed E-state index contributed by atoms with van der Waals surface area (Å²) in [6.45, 7) is 5.69. The largest absolute Gasteiger partial charge is 0.334 e. The maximum atomic E-state index is 12.8. The van der Waals surface area contributed by atoms with Crippen LogP contribution in [0.5, 0.6) is 0 Å². The molecule has 2 rings (SSSR count). The van der Waals surface area contributed by atoms with Crippen molar-refractivity contribution in [2.75, 3.05) is 12.4 Å². The summed E-state index contributed by atoms with van der Waals surface area (Å²) < 4.78 is 1.83. The second-order valence-corrected chi connectivity index (χ2v) is 5.69. The summed E-state index contributed by atoms with van der Waals surface area (Å²) >= 11 is 5.78. The second-order valence-electron chi connectivity index (χ2n) is 5.32. The number of carbonyl (C=O) groups is 1. The number of rotatable bonds is 6. The van der Waals surface area contributed by atoms with Crippen molar-refractivity contribution in [1.82, 2.24) is 14.7 Å². The summed E-state index contributed by atoms with van der Waals surface area (Å²) in [7, 11) is 0. The van der Waals surface area contributed by atoms with E-state index in [0.717, 1.165) is 56.6 Å². The maximum absolute atomic E-state index is 12.8.